The Labute approximate surface area is 199 Å². The second-order valence-corrected chi connectivity index (χ2v) is 9.03. The van der Waals surface area contributed by atoms with E-state index in [4.69, 9.17) is 14.2 Å². The highest BCUT2D eigenvalue weighted by molar-refractivity contribution is 7.92. The molecule has 0 radical (unpaired) electrons. The zero-order chi connectivity index (χ0) is 24.6. The summed E-state index contributed by atoms with van der Waals surface area (Å²) in [5.41, 5.74) is 0.899. The number of hydrogen-bond donors (Lipinski definition) is 2. The third kappa shape index (κ3) is 6.20. The summed E-state index contributed by atoms with van der Waals surface area (Å²) in [6, 6.07) is 17.6. The molecule has 0 aliphatic carbocycles. The molecule has 2 N–H and O–H groups in total. The van der Waals surface area contributed by atoms with Gasteiger partial charge in [0.05, 0.1) is 37.1 Å². The molecule has 180 valence electrons. The monoisotopic (exact) mass is 484 g/mol. The van der Waals surface area contributed by atoms with Crippen LogP contribution in [-0.2, 0) is 10.0 Å². The van der Waals surface area contributed by atoms with Crippen molar-refractivity contribution in [2.45, 2.75) is 24.7 Å². The van der Waals surface area contributed by atoms with Gasteiger partial charge < -0.3 is 19.5 Å². The van der Waals surface area contributed by atoms with Crippen molar-refractivity contribution in [2.75, 3.05) is 30.9 Å². The minimum atomic E-state index is -3.96. The van der Waals surface area contributed by atoms with Crippen LogP contribution in [0.1, 0.15) is 30.1 Å². The van der Waals surface area contributed by atoms with Crippen LogP contribution in [0.15, 0.2) is 71.6 Å². The average molecular weight is 485 g/mol. The first-order chi connectivity index (χ1) is 16.4. The zero-order valence-corrected chi connectivity index (χ0v) is 20.1. The molecular formula is C25H28N2O6S. The van der Waals surface area contributed by atoms with Crippen LogP contribution in [-0.4, -0.2) is 35.2 Å². The normalized spacial score (nSPS) is 10.9. The number of anilines is 2. The number of carbonyl (C=O) groups is 1. The fourth-order valence-electron chi connectivity index (χ4n) is 3.12. The van der Waals surface area contributed by atoms with E-state index < -0.39 is 15.9 Å². The van der Waals surface area contributed by atoms with Gasteiger partial charge in [-0.1, -0.05) is 31.5 Å². The van der Waals surface area contributed by atoms with Crippen LogP contribution < -0.4 is 24.2 Å². The average Bonchev–Trinajstić information content (AvgIpc) is 2.85. The van der Waals surface area contributed by atoms with Crippen molar-refractivity contribution < 1.29 is 27.4 Å². The summed E-state index contributed by atoms with van der Waals surface area (Å²) in [7, 11) is -0.979. The number of unbranched alkanes of at least 4 members (excludes halogenated alkanes) is 1. The summed E-state index contributed by atoms with van der Waals surface area (Å²) in [6.07, 6.45) is 1.85. The third-order valence-corrected chi connectivity index (χ3v) is 6.31. The first-order valence-electron chi connectivity index (χ1n) is 10.8. The number of rotatable bonds is 11. The van der Waals surface area contributed by atoms with Crippen molar-refractivity contribution in [3.05, 3.63) is 72.3 Å². The molecule has 0 spiro atoms. The maximum Gasteiger partial charge on any atom is 0.262 e. The molecule has 1 amide bonds. The molecule has 0 atom stereocenters. The van der Waals surface area contributed by atoms with Crippen LogP contribution in [0.25, 0.3) is 0 Å². The van der Waals surface area contributed by atoms with Gasteiger partial charge in [-0.2, -0.15) is 0 Å². The summed E-state index contributed by atoms with van der Waals surface area (Å²) >= 11 is 0. The number of methoxy groups -OCH3 is 2. The summed E-state index contributed by atoms with van der Waals surface area (Å²) in [5.74, 6) is 0.955. The second kappa shape index (κ2) is 11.4. The van der Waals surface area contributed by atoms with Gasteiger partial charge in [0, 0.05) is 11.6 Å². The summed E-state index contributed by atoms with van der Waals surface area (Å²) in [5, 5.41) is 2.80. The fourth-order valence-corrected chi connectivity index (χ4v) is 4.23. The van der Waals surface area contributed by atoms with Gasteiger partial charge in [-0.3, -0.25) is 9.52 Å². The van der Waals surface area contributed by atoms with E-state index in [2.05, 4.69) is 17.0 Å². The first kappa shape index (κ1) is 24.9. The molecule has 0 aromatic heterocycles. The van der Waals surface area contributed by atoms with E-state index in [9.17, 15) is 13.2 Å². The molecule has 3 aromatic rings. The minimum absolute atomic E-state index is 0.0592. The predicted octanol–water partition coefficient (Wildman–Crippen LogP) is 4.94. The van der Waals surface area contributed by atoms with E-state index in [1.54, 1.807) is 42.5 Å². The fraction of sp³-hybridized carbons (Fsp3) is 0.240. The Bertz CT molecular complexity index is 1240. The van der Waals surface area contributed by atoms with Gasteiger partial charge in [0.25, 0.3) is 15.9 Å². The number of sulfonamides is 1. The summed E-state index contributed by atoms with van der Waals surface area (Å²) in [4.78, 5) is 12.9. The Morgan fingerprint density at radius 3 is 2.41 bits per heavy atom. The lowest BCUT2D eigenvalue weighted by Gasteiger charge is -2.15. The Kier molecular flexibility index (Phi) is 8.37. The summed E-state index contributed by atoms with van der Waals surface area (Å²) < 4.78 is 44.7. The van der Waals surface area contributed by atoms with Crippen molar-refractivity contribution in [3.63, 3.8) is 0 Å². The van der Waals surface area contributed by atoms with Crippen molar-refractivity contribution >= 4 is 27.3 Å². The van der Waals surface area contributed by atoms with Crippen molar-refractivity contribution in [1.82, 2.24) is 0 Å². The lowest BCUT2D eigenvalue weighted by molar-refractivity contribution is 0.102. The predicted molar refractivity (Wildman–Crippen MR) is 132 cm³/mol. The lowest BCUT2D eigenvalue weighted by Crippen LogP contribution is -2.16. The molecule has 0 fully saturated rings. The van der Waals surface area contributed by atoms with Crippen molar-refractivity contribution in [2.24, 2.45) is 0 Å². The van der Waals surface area contributed by atoms with E-state index in [0.29, 0.717) is 35.2 Å². The van der Waals surface area contributed by atoms with E-state index in [1.165, 1.54) is 38.5 Å². The van der Waals surface area contributed by atoms with Crippen LogP contribution in [0.2, 0.25) is 0 Å². The minimum Gasteiger partial charge on any atom is -0.497 e. The smallest absolute Gasteiger partial charge is 0.262 e. The lowest BCUT2D eigenvalue weighted by atomic mass is 10.2. The van der Waals surface area contributed by atoms with Crippen LogP contribution in [0.5, 0.6) is 17.2 Å². The number of benzene rings is 3. The Hall–Kier alpha value is -3.72. The van der Waals surface area contributed by atoms with Crippen LogP contribution in [0.3, 0.4) is 0 Å². The molecule has 0 bridgehead atoms. The van der Waals surface area contributed by atoms with E-state index in [0.717, 1.165) is 12.8 Å². The zero-order valence-electron chi connectivity index (χ0n) is 19.3. The van der Waals surface area contributed by atoms with Gasteiger partial charge in [-0.25, -0.2) is 8.42 Å². The number of amides is 1. The van der Waals surface area contributed by atoms with Gasteiger partial charge in [0.1, 0.15) is 17.2 Å². The van der Waals surface area contributed by atoms with Crippen molar-refractivity contribution in [1.29, 1.82) is 0 Å². The third-order valence-electron chi connectivity index (χ3n) is 4.95. The van der Waals surface area contributed by atoms with E-state index >= 15 is 0 Å². The van der Waals surface area contributed by atoms with Crippen LogP contribution in [0, 0.1) is 0 Å². The van der Waals surface area contributed by atoms with Gasteiger partial charge in [0.15, 0.2) is 0 Å². The first-order valence-corrected chi connectivity index (χ1v) is 12.2. The Morgan fingerprint density at radius 1 is 0.882 bits per heavy atom. The van der Waals surface area contributed by atoms with E-state index in [-0.39, 0.29) is 10.5 Å². The van der Waals surface area contributed by atoms with Crippen LogP contribution in [0.4, 0.5) is 11.4 Å². The molecule has 3 aromatic carbocycles. The maximum atomic E-state index is 13.0. The number of carbonyl (C=O) groups excluding carboxylic acids is 1. The second-order valence-electron chi connectivity index (χ2n) is 7.35. The molecule has 0 unspecified atom stereocenters. The largest absolute Gasteiger partial charge is 0.497 e. The molecule has 0 saturated heterocycles. The number of nitrogens with one attached hydrogen (secondary N) is 2. The number of ether oxygens (including phenoxy) is 3. The molecule has 3 rings (SSSR count). The Balaban J connectivity index is 1.84. The molecule has 9 heteroatoms. The van der Waals surface area contributed by atoms with Gasteiger partial charge in [-0.15, -0.1) is 0 Å². The van der Waals surface area contributed by atoms with Gasteiger partial charge in [0.2, 0.25) is 0 Å². The highest BCUT2D eigenvalue weighted by Gasteiger charge is 2.19. The quantitative estimate of drug-likeness (QED) is 0.374. The highest BCUT2D eigenvalue weighted by atomic mass is 32.2. The standard InChI is InChI=1S/C25H28N2O6S/c1-4-5-15-33-24-14-13-19(31-2)17-22(24)26-25(28)18-9-8-10-20(16-18)34(29,30)27-21-11-6-7-12-23(21)32-3/h6-14,16-17,27H,4-5,15H2,1-3H3,(H,26,28). The highest BCUT2D eigenvalue weighted by Crippen LogP contribution is 2.30. The Morgan fingerprint density at radius 2 is 1.68 bits per heavy atom. The number of para-hydroxylation sites is 2. The topological polar surface area (TPSA) is 103 Å². The SMILES string of the molecule is CCCCOc1ccc(OC)cc1NC(=O)c1cccc(S(=O)(=O)Nc2ccccc2OC)c1. The van der Waals surface area contributed by atoms with Gasteiger partial charge >= 0.3 is 0 Å². The van der Waals surface area contributed by atoms with Gasteiger partial charge in [-0.05, 0) is 48.9 Å². The molecular weight excluding hydrogens is 456 g/mol. The van der Waals surface area contributed by atoms with Crippen molar-refractivity contribution in [3.8, 4) is 17.2 Å². The number of hydrogen-bond acceptors (Lipinski definition) is 6. The molecule has 34 heavy (non-hydrogen) atoms. The van der Waals surface area contributed by atoms with Crippen LogP contribution >= 0.6 is 0 Å². The molecule has 0 saturated carbocycles. The molecule has 0 aliphatic heterocycles. The molecule has 0 aliphatic rings. The molecule has 0 heterocycles. The summed E-state index contributed by atoms with van der Waals surface area (Å²) in [6.45, 7) is 2.57. The van der Waals surface area contributed by atoms with E-state index in [1.807, 2.05) is 0 Å². The maximum absolute atomic E-state index is 13.0. The molecule has 8 nitrogen and oxygen atoms in total.